The van der Waals surface area contributed by atoms with E-state index in [0.717, 1.165) is 15.6 Å². The summed E-state index contributed by atoms with van der Waals surface area (Å²) in [6.07, 6.45) is 1.71. The van der Waals surface area contributed by atoms with E-state index in [4.69, 9.17) is 4.74 Å². The molecule has 0 unspecified atom stereocenters. The van der Waals surface area contributed by atoms with Crippen molar-refractivity contribution in [3.05, 3.63) is 64.7 Å². The zero-order valence-corrected chi connectivity index (χ0v) is 13.1. The number of ether oxygens (including phenoxy) is 1. The smallest absolute Gasteiger partial charge is 0.271 e. The maximum Gasteiger partial charge on any atom is 0.271 e. The number of aromatic nitrogens is 3. The zero-order valence-electron chi connectivity index (χ0n) is 13.1. The van der Waals surface area contributed by atoms with E-state index in [1.807, 2.05) is 30.3 Å². The standard InChI is InChI=1S/C17H16N4O3/c1-21-15(22)8-7-13(20-21)17(23)19-10-11-24-14-6-2-4-12-5-3-9-18-16(12)14/h2-9H,10-11H2,1H3,(H,19,23). The van der Waals surface area contributed by atoms with Crippen LogP contribution in [-0.2, 0) is 7.05 Å². The molecular weight excluding hydrogens is 308 g/mol. The van der Waals surface area contributed by atoms with Crippen molar-refractivity contribution >= 4 is 16.8 Å². The molecule has 122 valence electrons. The summed E-state index contributed by atoms with van der Waals surface area (Å²) in [5.41, 5.74) is 0.702. The molecule has 0 aliphatic heterocycles. The number of pyridine rings is 1. The monoisotopic (exact) mass is 324 g/mol. The number of hydrogen-bond donors (Lipinski definition) is 1. The first-order valence-electron chi connectivity index (χ1n) is 7.44. The van der Waals surface area contributed by atoms with Crippen LogP contribution in [-0.4, -0.2) is 33.8 Å². The van der Waals surface area contributed by atoms with Gasteiger partial charge >= 0.3 is 0 Å². The molecule has 24 heavy (non-hydrogen) atoms. The lowest BCUT2D eigenvalue weighted by molar-refractivity contribution is 0.0940. The summed E-state index contributed by atoms with van der Waals surface area (Å²) >= 11 is 0. The number of nitrogens with zero attached hydrogens (tertiary/aromatic N) is 3. The van der Waals surface area contributed by atoms with E-state index in [1.165, 1.54) is 19.2 Å². The van der Waals surface area contributed by atoms with Gasteiger partial charge in [-0.3, -0.25) is 14.6 Å². The highest BCUT2D eigenvalue weighted by atomic mass is 16.5. The van der Waals surface area contributed by atoms with Gasteiger partial charge < -0.3 is 10.1 Å². The fraction of sp³-hybridized carbons (Fsp3) is 0.176. The number of benzene rings is 1. The molecule has 3 aromatic rings. The lowest BCUT2D eigenvalue weighted by Gasteiger charge is -2.09. The number of nitrogens with one attached hydrogen (secondary N) is 1. The minimum atomic E-state index is -0.356. The lowest BCUT2D eigenvalue weighted by Crippen LogP contribution is -2.31. The quantitative estimate of drug-likeness (QED) is 0.711. The van der Waals surface area contributed by atoms with E-state index in [9.17, 15) is 9.59 Å². The van der Waals surface area contributed by atoms with E-state index in [-0.39, 0.29) is 17.2 Å². The second-order valence-electron chi connectivity index (χ2n) is 5.12. The van der Waals surface area contributed by atoms with Crippen LogP contribution in [0.25, 0.3) is 10.9 Å². The number of carbonyl (C=O) groups excluding carboxylic acids is 1. The average molecular weight is 324 g/mol. The Morgan fingerprint density at radius 2 is 2.04 bits per heavy atom. The van der Waals surface area contributed by atoms with Gasteiger partial charge in [0.05, 0.1) is 6.54 Å². The van der Waals surface area contributed by atoms with E-state index in [0.29, 0.717) is 18.9 Å². The summed E-state index contributed by atoms with van der Waals surface area (Å²) in [6.45, 7) is 0.611. The first kappa shape index (κ1) is 15.7. The number of hydrogen-bond acceptors (Lipinski definition) is 5. The minimum Gasteiger partial charge on any atom is -0.489 e. The fourth-order valence-electron chi connectivity index (χ4n) is 2.23. The van der Waals surface area contributed by atoms with E-state index < -0.39 is 0 Å². The Balaban J connectivity index is 1.57. The van der Waals surface area contributed by atoms with Crippen molar-refractivity contribution in [2.75, 3.05) is 13.2 Å². The molecular formula is C17H16N4O3. The molecule has 0 saturated heterocycles. The van der Waals surface area contributed by atoms with Gasteiger partial charge in [0.15, 0.2) is 0 Å². The molecule has 0 saturated carbocycles. The predicted molar refractivity (Wildman–Crippen MR) is 89.0 cm³/mol. The van der Waals surface area contributed by atoms with Crippen molar-refractivity contribution in [3.63, 3.8) is 0 Å². The third-order valence-electron chi connectivity index (χ3n) is 3.43. The molecule has 0 spiro atoms. The van der Waals surface area contributed by atoms with Gasteiger partial charge in [0.1, 0.15) is 23.6 Å². The van der Waals surface area contributed by atoms with Crippen LogP contribution in [0.5, 0.6) is 5.75 Å². The molecule has 3 rings (SSSR count). The van der Waals surface area contributed by atoms with Gasteiger partial charge in [0, 0.05) is 24.7 Å². The molecule has 1 amide bonds. The topological polar surface area (TPSA) is 86.1 Å². The van der Waals surface area contributed by atoms with Crippen LogP contribution in [0.4, 0.5) is 0 Å². The van der Waals surface area contributed by atoms with Crippen LogP contribution in [0.3, 0.4) is 0 Å². The third-order valence-corrected chi connectivity index (χ3v) is 3.43. The molecule has 7 heteroatoms. The molecule has 0 radical (unpaired) electrons. The van der Waals surface area contributed by atoms with Crippen molar-refractivity contribution in [2.45, 2.75) is 0 Å². The van der Waals surface area contributed by atoms with Crippen LogP contribution in [0, 0.1) is 0 Å². The van der Waals surface area contributed by atoms with Crippen molar-refractivity contribution in [1.82, 2.24) is 20.1 Å². The van der Waals surface area contributed by atoms with E-state index in [1.54, 1.807) is 6.20 Å². The summed E-state index contributed by atoms with van der Waals surface area (Å²) in [5.74, 6) is 0.313. The van der Waals surface area contributed by atoms with Gasteiger partial charge in [-0.1, -0.05) is 18.2 Å². The SMILES string of the molecule is Cn1nc(C(=O)NCCOc2cccc3cccnc23)ccc1=O. The molecule has 2 heterocycles. The van der Waals surface area contributed by atoms with Crippen LogP contribution < -0.4 is 15.6 Å². The van der Waals surface area contributed by atoms with Gasteiger partial charge in [-0.15, -0.1) is 0 Å². The van der Waals surface area contributed by atoms with Gasteiger partial charge in [0.2, 0.25) is 0 Å². The number of carbonyl (C=O) groups is 1. The van der Waals surface area contributed by atoms with Crippen molar-refractivity contribution in [3.8, 4) is 5.75 Å². The number of fused-ring (bicyclic) bond motifs is 1. The van der Waals surface area contributed by atoms with Crippen LogP contribution >= 0.6 is 0 Å². The first-order chi connectivity index (χ1) is 11.6. The Bertz CT molecular complexity index is 931. The van der Waals surface area contributed by atoms with Crippen LogP contribution in [0.15, 0.2) is 53.5 Å². The molecule has 0 aliphatic rings. The van der Waals surface area contributed by atoms with E-state index in [2.05, 4.69) is 15.4 Å². The third kappa shape index (κ3) is 3.40. The molecule has 0 atom stereocenters. The summed E-state index contributed by atoms with van der Waals surface area (Å²) < 4.78 is 6.81. The Morgan fingerprint density at radius 1 is 1.21 bits per heavy atom. The number of amides is 1. The van der Waals surface area contributed by atoms with Gasteiger partial charge in [0.25, 0.3) is 11.5 Å². The molecule has 0 bridgehead atoms. The Labute approximate surface area is 137 Å². The minimum absolute atomic E-state index is 0.184. The number of para-hydroxylation sites is 1. The second-order valence-corrected chi connectivity index (χ2v) is 5.12. The summed E-state index contributed by atoms with van der Waals surface area (Å²) in [5, 5.41) is 7.59. The average Bonchev–Trinajstić information content (AvgIpc) is 2.61. The van der Waals surface area contributed by atoms with Gasteiger partial charge in [-0.05, 0) is 18.2 Å². The maximum absolute atomic E-state index is 12.0. The molecule has 1 aromatic carbocycles. The summed E-state index contributed by atoms with van der Waals surface area (Å²) in [6, 6.07) is 12.2. The normalized spacial score (nSPS) is 10.5. The fourth-order valence-corrected chi connectivity index (χ4v) is 2.23. The van der Waals surface area contributed by atoms with Crippen molar-refractivity contribution < 1.29 is 9.53 Å². The van der Waals surface area contributed by atoms with Crippen molar-refractivity contribution in [1.29, 1.82) is 0 Å². The van der Waals surface area contributed by atoms with Crippen LogP contribution in [0.2, 0.25) is 0 Å². The molecule has 0 fully saturated rings. The van der Waals surface area contributed by atoms with Gasteiger partial charge in [-0.2, -0.15) is 5.10 Å². The Hall–Kier alpha value is -3.22. The number of rotatable bonds is 5. The van der Waals surface area contributed by atoms with Crippen LogP contribution in [0.1, 0.15) is 10.5 Å². The van der Waals surface area contributed by atoms with Gasteiger partial charge in [-0.25, -0.2) is 4.68 Å². The Kier molecular flexibility index (Phi) is 4.51. The summed E-state index contributed by atoms with van der Waals surface area (Å²) in [7, 11) is 1.50. The predicted octanol–water partition coefficient (Wildman–Crippen LogP) is 1.14. The highest BCUT2D eigenvalue weighted by Crippen LogP contribution is 2.22. The molecule has 1 N–H and O–H groups in total. The molecule has 0 aliphatic carbocycles. The molecule has 2 aromatic heterocycles. The lowest BCUT2D eigenvalue weighted by atomic mass is 10.2. The highest BCUT2D eigenvalue weighted by molar-refractivity contribution is 5.92. The van der Waals surface area contributed by atoms with E-state index >= 15 is 0 Å². The van der Waals surface area contributed by atoms with Crippen molar-refractivity contribution in [2.24, 2.45) is 7.05 Å². The number of aryl methyl sites for hydroxylation is 1. The maximum atomic E-state index is 12.0. The first-order valence-corrected chi connectivity index (χ1v) is 7.44. The summed E-state index contributed by atoms with van der Waals surface area (Å²) in [4.78, 5) is 27.5. The highest BCUT2D eigenvalue weighted by Gasteiger charge is 2.08. The molecule has 7 nitrogen and oxygen atoms in total. The second kappa shape index (κ2) is 6.91. The largest absolute Gasteiger partial charge is 0.489 e. The zero-order chi connectivity index (χ0) is 16.9. The Morgan fingerprint density at radius 3 is 2.88 bits per heavy atom.